The maximum atomic E-state index is 12.7. The number of carboxylic acid groups (broad SMARTS) is 1. The smallest absolute Gasteiger partial charge is 0.326 e. The van der Waals surface area contributed by atoms with Gasteiger partial charge in [0.2, 0.25) is 17.7 Å². The fourth-order valence-electron chi connectivity index (χ4n) is 2.92. The fourth-order valence-corrected chi connectivity index (χ4v) is 2.92. The maximum absolute atomic E-state index is 12.7. The number of nitrogens with zero attached hydrogens (tertiary/aromatic N) is 1. The van der Waals surface area contributed by atoms with Crippen LogP contribution in [0, 0.1) is 5.92 Å². The molecule has 0 saturated carbocycles. The van der Waals surface area contributed by atoms with Crippen molar-refractivity contribution in [1.82, 2.24) is 15.5 Å². The van der Waals surface area contributed by atoms with Gasteiger partial charge in [0.1, 0.15) is 18.1 Å². The summed E-state index contributed by atoms with van der Waals surface area (Å²) >= 11 is 0. The number of nitrogens with two attached hydrogens (primary N) is 1. The van der Waals surface area contributed by atoms with Crippen LogP contribution in [0.15, 0.2) is 0 Å². The Hall–Kier alpha value is -2.20. The standard InChI is InChI=1S/C17H30N4O6/c1-4-9(2)13(17(26)27)20-15(24)12-6-5-7-21(12)16(25)11(8-22)19-14(23)10(3)18/h9-13,22H,4-8,18H2,1-3H3,(H,19,23)(H,20,24)(H,26,27). The Morgan fingerprint density at radius 1 is 1.22 bits per heavy atom. The first-order chi connectivity index (χ1) is 12.6. The van der Waals surface area contributed by atoms with Crippen molar-refractivity contribution in [2.75, 3.05) is 13.2 Å². The molecule has 5 unspecified atom stereocenters. The van der Waals surface area contributed by atoms with Crippen molar-refractivity contribution in [3.8, 4) is 0 Å². The number of rotatable bonds is 9. The number of amides is 3. The van der Waals surface area contributed by atoms with Crippen molar-refractivity contribution in [3.05, 3.63) is 0 Å². The molecule has 0 radical (unpaired) electrons. The number of carbonyl (C=O) groups is 4. The number of hydrogen-bond acceptors (Lipinski definition) is 6. The van der Waals surface area contributed by atoms with E-state index in [0.717, 1.165) is 0 Å². The summed E-state index contributed by atoms with van der Waals surface area (Å²) < 4.78 is 0. The number of nitrogens with one attached hydrogen (secondary N) is 2. The zero-order valence-electron chi connectivity index (χ0n) is 16.0. The molecule has 1 rings (SSSR count). The lowest BCUT2D eigenvalue weighted by atomic mass is 9.98. The molecule has 0 aromatic carbocycles. The average Bonchev–Trinajstić information content (AvgIpc) is 3.11. The number of hydrogen-bond donors (Lipinski definition) is 5. The Morgan fingerprint density at radius 2 is 1.85 bits per heavy atom. The highest BCUT2D eigenvalue weighted by atomic mass is 16.4. The zero-order valence-corrected chi connectivity index (χ0v) is 16.0. The highest BCUT2D eigenvalue weighted by Gasteiger charge is 2.39. The van der Waals surface area contributed by atoms with Gasteiger partial charge < -0.3 is 31.5 Å². The van der Waals surface area contributed by atoms with Gasteiger partial charge >= 0.3 is 5.97 Å². The Balaban J connectivity index is 2.86. The van der Waals surface area contributed by atoms with E-state index >= 15 is 0 Å². The first-order valence-corrected chi connectivity index (χ1v) is 9.14. The molecule has 10 heteroatoms. The third-order valence-electron chi connectivity index (χ3n) is 4.83. The van der Waals surface area contributed by atoms with Crippen molar-refractivity contribution in [1.29, 1.82) is 0 Å². The molecule has 5 atom stereocenters. The van der Waals surface area contributed by atoms with E-state index in [1.54, 1.807) is 6.92 Å². The van der Waals surface area contributed by atoms with Crippen molar-refractivity contribution in [3.63, 3.8) is 0 Å². The van der Waals surface area contributed by atoms with Crippen LogP contribution in [-0.4, -0.2) is 76.1 Å². The van der Waals surface area contributed by atoms with Gasteiger partial charge in [-0.1, -0.05) is 20.3 Å². The van der Waals surface area contributed by atoms with E-state index in [1.165, 1.54) is 11.8 Å². The molecule has 0 aromatic heterocycles. The molecule has 10 nitrogen and oxygen atoms in total. The summed E-state index contributed by atoms with van der Waals surface area (Å²) in [6.07, 6.45) is 1.51. The quantitative estimate of drug-likeness (QED) is 0.319. The van der Waals surface area contributed by atoms with Gasteiger partial charge in [-0.05, 0) is 25.7 Å². The summed E-state index contributed by atoms with van der Waals surface area (Å²) in [6.45, 7) is 4.64. The molecule has 1 saturated heterocycles. The lowest BCUT2D eigenvalue weighted by Gasteiger charge is -2.29. The minimum absolute atomic E-state index is 0.271. The summed E-state index contributed by atoms with van der Waals surface area (Å²) in [5, 5.41) is 23.7. The Kier molecular flexibility index (Phi) is 8.64. The molecule has 0 spiro atoms. The highest BCUT2D eigenvalue weighted by molar-refractivity contribution is 5.94. The average molecular weight is 386 g/mol. The lowest BCUT2D eigenvalue weighted by Crippen LogP contribution is -2.58. The van der Waals surface area contributed by atoms with Crippen LogP contribution in [0.3, 0.4) is 0 Å². The molecule has 0 aromatic rings. The van der Waals surface area contributed by atoms with Crippen LogP contribution >= 0.6 is 0 Å². The van der Waals surface area contributed by atoms with Crippen molar-refractivity contribution in [2.24, 2.45) is 11.7 Å². The molecule has 1 aliphatic rings. The summed E-state index contributed by atoms with van der Waals surface area (Å²) in [6, 6.07) is -3.95. The van der Waals surface area contributed by atoms with Crippen molar-refractivity contribution >= 4 is 23.7 Å². The molecule has 0 aliphatic carbocycles. The monoisotopic (exact) mass is 386 g/mol. The Morgan fingerprint density at radius 3 is 2.33 bits per heavy atom. The van der Waals surface area contributed by atoms with Crippen LogP contribution in [0.25, 0.3) is 0 Å². The summed E-state index contributed by atoms with van der Waals surface area (Å²) in [5.74, 6) is -3.15. The number of carbonyl (C=O) groups excluding carboxylic acids is 3. The molecule has 27 heavy (non-hydrogen) atoms. The van der Waals surface area contributed by atoms with Crippen LogP contribution in [0.4, 0.5) is 0 Å². The molecule has 154 valence electrons. The molecular formula is C17H30N4O6. The number of aliphatic hydroxyl groups excluding tert-OH is 1. The van der Waals surface area contributed by atoms with Gasteiger partial charge in [-0.15, -0.1) is 0 Å². The van der Waals surface area contributed by atoms with Gasteiger partial charge in [-0.2, -0.15) is 0 Å². The van der Waals surface area contributed by atoms with Gasteiger partial charge in [0, 0.05) is 6.54 Å². The Labute approximate surface area is 158 Å². The molecule has 1 heterocycles. The van der Waals surface area contributed by atoms with Gasteiger partial charge in [0.05, 0.1) is 12.6 Å². The topological polar surface area (TPSA) is 162 Å². The first kappa shape index (κ1) is 22.8. The Bertz CT molecular complexity index is 568. The number of aliphatic carboxylic acids is 1. The summed E-state index contributed by atoms with van der Waals surface area (Å²) in [7, 11) is 0. The minimum Gasteiger partial charge on any atom is -0.480 e. The molecular weight excluding hydrogens is 356 g/mol. The van der Waals surface area contributed by atoms with Crippen LogP contribution in [0.1, 0.15) is 40.0 Å². The van der Waals surface area contributed by atoms with Crippen molar-refractivity contribution in [2.45, 2.75) is 64.2 Å². The maximum Gasteiger partial charge on any atom is 0.326 e. The second-order valence-corrected chi connectivity index (χ2v) is 6.93. The van der Waals surface area contributed by atoms with E-state index in [0.29, 0.717) is 19.3 Å². The molecule has 3 amide bonds. The zero-order chi connectivity index (χ0) is 20.7. The van der Waals surface area contributed by atoms with E-state index in [2.05, 4.69) is 10.6 Å². The lowest BCUT2D eigenvalue weighted by molar-refractivity contribution is -0.146. The summed E-state index contributed by atoms with van der Waals surface area (Å²) in [4.78, 5) is 49.7. The number of carboxylic acids is 1. The van der Waals surface area contributed by atoms with Crippen LogP contribution in [0.5, 0.6) is 0 Å². The SMILES string of the molecule is CCC(C)C(NC(=O)C1CCCN1C(=O)C(CO)NC(=O)C(C)N)C(=O)O. The van der Waals surface area contributed by atoms with Gasteiger partial charge in [-0.25, -0.2) is 4.79 Å². The number of likely N-dealkylation sites (tertiary alicyclic amines) is 1. The van der Waals surface area contributed by atoms with Crippen LogP contribution in [-0.2, 0) is 19.2 Å². The molecule has 1 aliphatic heterocycles. The molecule has 6 N–H and O–H groups in total. The van der Waals surface area contributed by atoms with Crippen molar-refractivity contribution < 1.29 is 29.4 Å². The van der Waals surface area contributed by atoms with E-state index in [9.17, 15) is 29.4 Å². The largest absolute Gasteiger partial charge is 0.480 e. The predicted molar refractivity (Wildman–Crippen MR) is 96.4 cm³/mol. The molecule has 0 bridgehead atoms. The van der Waals surface area contributed by atoms with Gasteiger partial charge in [0.25, 0.3) is 0 Å². The third kappa shape index (κ3) is 5.90. The summed E-state index contributed by atoms with van der Waals surface area (Å²) in [5.41, 5.74) is 5.45. The second-order valence-electron chi connectivity index (χ2n) is 6.93. The van der Waals surface area contributed by atoms with Crippen LogP contribution < -0.4 is 16.4 Å². The minimum atomic E-state index is -1.21. The van der Waals surface area contributed by atoms with Crippen LogP contribution in [0.2, 0.25) is 0 Å². The number of aliphatic hydroxyl groups is 1. The van der Waals surface area contributed by atoms with E-state index in [-0.39, 0.29) is 12.5 Å². The first-order valence-electron chi connectivity index (χ1n) is 9.14. The fraction of sp³-hybridized carbons (Fsp3) is 0.765. The predicted octanol–water partition coefficient (Wildman–Crippen LogP) is -1.58. The highest BCUT2D eigenvalue weighted by Crippen LogP contribution is 2.19. The molecule has 1 fully saturated rings. The van der Waals surface area contributed by atoms with E-state index < -0.39 is 54.5 Å². The van der Waals surface area contributed by atoms with E-state index in [1.807, 2.05) is 6.92 Å². The third-order valence-corrected chi connectivity index (χ3v) is 4.83. The second kappa shape index (κ2) is 10.2. The van der Waals surface area contributed by atoms with E-state index in [4.69, 9.17) is 5.73 Å². The van der Waals surface area contributed by atoms with Gasteiger partial charge in [-0.3, -0.25) is 14.4 Å². The normalized spacial score (nSPS) is 21.1. The van der Waals surface area contributed by atoms with Gasteiger partial charge in [0.15, 0.2) is 0 Å².